The van der Waals surface area contributed by atoms with Crippen molar-refractivity contribution in [2.75, 3.05) is 11.1 Å². The third kappa shape index (κ3) is 4.97. The summed E-state index contributed by atoms with van der Waals surface area (Å²) in [5, 5.41) is 1.13. The molecule has 0 fully saturated rings. The first-order valence-electron chi connectivity index (χ1n) is 6.91. The van der Waals surface area contributed by atoms with E-state index < -0.39 is 0 Å². The molecule has 18 heavy (non-hydrogen) atoms. The Morgan fingerprint density at radius 1 is 1.06 bits per heavy atom. The lowest BCUT2D eigenvalue weighted by molar-refractivity contribution is 0.320. The third-order valence-electron chi connectivity index (χ3n) is 3.41. The predicted octanol–water partition coefficient (Wildman–Crippen LogP) is 6.07. The normalized spacial score (nSPS) is 11.8. The molecule has 0 N–H and O–H groups in total. The number of aryl methyl sites for hydroxylation is 1. The van der Waals surface area contributed by atoms with Crippen LogP contribution in [0.4, 0.5) is 0 Å². The first-order chi connectivity index (χ1) is 8.65. The Morgan fingerprint density at radius 3 is 2.06 bits per heavy atom. The van der Waals surface area contributed by atoms with Crippen molar-refractivity contribution in [2.24, 2.45) is 5.41 Å². The van der Waals surface area contributed by atoms with Crippen molar-refractivity contribution in [3.05, 3.63) is 29.8 Å². The Hall–Kier alpha value is 0.0500. The molecule has 1 rings (SSSR count). The highest BCUT2D eigenvalue weighted by molar-refractivity contribution is 9.09. The summed E-state index contributed by atoms with van der Waals surface area (Å²) in [6, 6.07) is 8.91. The molecule has 2 heteroatoms. The van der Waals surface area contributed by atoms with Crippen LogP contribution in [0.25, 0.3) is 0 Å². The number of benzene rings is 1. The van der Waals surface area contributed by atoms with Crippen molar-refractivity contribution in [1.82, 2.24) is 0 Å². The van der Waals surface area contributed by atoms with Crippen LogP contribution < -0.4 is 0 Å². The molecule has 0 aliphatic carbocycles. The zero-order chi connectivity index (χ0) is 13.4. The second-order valence-corrected chi connectivity index (χ2v) is 6.84. The molecule has 0 unspecified atom stereocenters. The average molecular weight is 329 g/mol. The second-order valence-electron chi connectivity index (χ2n) is 5.24. The van der Waals surface area contributed by atoms with Crippen LogP contribution >= 0.6 is 27.7 Å². The Bertz CT molecular complexity index is 325. The molecule has 0 aliphatic heterocycles. The maximum Gasteiger partial charge on any atom is 0.00959 e. The Labute approximate surface area is 125 Å². The van der Waals surface area contributed by atoms with Gasteiger partial charge < -0.3 is 0 Å². The smallest absolute Gasteiger partial charge is 0.00959 e. The molecule has 0 aromatic heterocycles. The number of hydrogen-bond acceptors (Lipinski definition) is 1. The van der Waals surface area contributed by atoms with Gasteiger partial charge in [0.05, 0.1) is 0 Å². The van der Waals surface area contributed by atoms with Gasteiger partial charge in [0.25, 0.3) is 0 Å². The van der Waals surface area contributed by atoms with Crippen LogP contribution in [0.3, 0.4) is 0 Å². The summed E-state index contributed by atoms with van der Waals surface area (Å²) in [5.41, 5.74) is 1.81. The minimum atomic E-state index is 0.471. The molecule has 0 saturated carbocycles. The van der Waals surface area contributed by atoms with E-state index in [-0.39, 0.29) is 0 Å². The van der Waals surface area contributed by atoms with Crippen molar-refractivity contribution in [2.45, 2.75) is 51.3 Å². The van der Waals surface area contributed by atoms with E-state index in [4.69, 9.17) is 0 Å². The van der Waals surface area contributed by atoms with Gasteiger partial charge >= 0.3 is 0 Å². The maximum absolute atomic E-state index is 3.75. The zero-order valence-electron chi connectivity index (χ0n) is 11.8. The van der Waals surface area contributed by atoms with Gasteiger partial charge in [-0.3, -0.25) is 0 Å². The molecule has 0 heterocycles. The second kappa shape index (κ2) is 8.27. The lowest BCUT2D eigenvalue weighted by Gasteiger charge is -2.31. The third-order valence-corrected chi connectivity index (χ3v) is 5.96. The monoisotopic (exact) mass is 328 g/mol. The SMILES string of the molecule is CCCC(CBr)(CCC)CSc1ccc(C)cc1. The Morgan fingerprint density at radius 2 is 1.61 bits per heavy atom. The van der Waals surface area contributed by atoms with Crippen LogP contribution in [0.1, 0.15) is 45.1 Å². The summed E-state index contributed by atoms with van der Waals surface area (Å²) in [6.07, 6.45) is 5.20. The molecule has 0 aliphatic rings. The van der Waals surface area contributed by atoms with Gasteiger partial charge in [-0.2, -0.15) is 0 Å². The van der Waals surface area contributed by atoms with Crippen LogP contribution in [-0.4, -0.2) is 11.1 Å². The minimum Gasteiger partial charge on any atom is -0.126 e. The number of alkyl halides is 1. The molecule has 0 amide bonds. The number of thioether (sulfide) groups is 1. The Balaban J connectivity index is 2.63. The molecule has 0 spiro atoms. The van der Waals surface area contributed by atoms with Crippen LogP contribution in [0, 0.1) is 12.3 Å². The van der Waals surface area contributed by atoms with Crippen molar-refractivity contribution < 1.29 is 0 Å². The van der Waals surface area contributed by atoms with E-state index in [1.165, 1.54) is 41.9 Å². The fourth-order valence-corrected chi connectivity index (χ4v) is 4.59. The number of rotatable bonds is 8. The first-order valence-corrected chi connectivity index (χ1v) is 9.02. The molecule has 0 bridgehead atoms. The Kier molecular flexibility index (Phi) is 7.40. The largest absolute Gasteiger partial charge is 0.126 e. The van der Waals surface area contributed by atoms with Crippen molar-refractivity contribution >= 4 is 27.7 Å². The topological polar surface area (TPSA) is 0 Å². The summed E-state index contributed by atoms with van der Waals surface area (Å²) in [6.45, 7) is 6.73. The fraction of sp³-hybridized carbons (Fsp3) is 0.625. The van der Waals surface area contributed by atoms with Gasteiger partial charge in [-0.05, 0) is 37.3 Å². The van der Waals surface area contributed by atoms with E-state index in [0.29, 0.717) is 5.41 Å². The molecule has 0 nitrogen and oxygen atoms in total. The number of halogens is 1. The van der Waals surface area contributed by atoms with Gasteiger partial charge in [0, 0.05) is 16.0 Å². The summed E-state index contributed by atoms with van der Waals surface area (Å²) >= 11 is 5.76. The quantitative estimate of drug-likeness (QED) is 0.412. The molecule has 1 aromatic carbocycles. The van der Waals surface area contributed by atoms with Crippen LogP contribution in [-0.2, 0) is 0 Å². The highest BCUT2D eigenvalue weighted by Crippen LogP contribution is 2.37. The molecule has 0 radical (unpaired) electrons. The number of hydrogen-bond donors (Lipinski definition) is 0. The van der Waals surface area contributed by atoms with E-state index in [1.54, 1.807) is 0 Å². The lowest BCUT2D eigenvalue weighted by atomic mass is 9.83. The molecule has 1 aromatic rings. The zero-order valence-corrected chi connectivity index (χ0v) is 14.2. The van der Waals surface area contributed by atoms with Gasteiger partial charge in [-0.25, -0.2) is 0 Å². The lowest BCUT2D eigenvalue weighted by Crippen LogP contribution is -2.25. The van der Waals surface area contributed by atoms with Gasteiger partial charge in [-0.1, -0.05) is 60.3 Å². The summed E-state index contributed by atoms with van der Waals surface area (Å²) in [5.74, 6) is 1.23. The minimum absolute atomic E-state index is 0.471. The van der Waals surface area contributed by atoms with Gasteiger partial charge in [0.2, 0.25) is 0 Å². The van der Waals surface area contributed by atoms with Crippen molar-refractivity contribution in [1.29, 1.82) is 0 Å². The molecule has 0 saturated heterocycles. The van der Waals surface area contributed by atoms with E-state index in [1.807, 2.05) is 11.8 Å². The van der Waals surface area contributed by atoms with Crippen LogP contribution in [0.15, 0.2) is 29.2 Å². The highest BCUT2D eigenvalue weighted by atomic mass is 79.9. The van der Waals surface area contributed by atoms with Gasteiger partial charge in [0.15, 0.2) is 0 Å². The van der Waals surface area contributed by atoms with Gasteiger partial charge in [0.1, 0.15) is 0 Å². The standard InChI is InChI=1S/C16H25BrS/c1-4-10-16(12-17,11-5-2)13-18-15-8-6-14(3)7-9-15/h6-9H,4-5,10-13H2,1-3H3. The van der Waals surface area contributed by atoms with Crippen LogP contribution in [0.5, 0.6) is 0 Å². The summed E-state index contributed by atoms with van der Waals surface area (Å²) in [7, 11) is 0. The average Bonchev–Trinajstić information content (AvgIpc) is 2.38. The molecule has 0 atom stereocenters. The van der Waals surface area contributed by atoms with Gasteiger partial charge in [-0.15, -0.1) is 11.8 Å². The fourth-order valence-electron chi connectivity index (χ4n) is 2.37. The van der Waals surface area contributed by atoms with E-state index >= 15 is 0 Å². The first kappa shape index (κ1) is 16.1. The van der Waals surface area contributed by atoms with Crippen molar-refractivity contribution in [3.8, 4) is 0 Å². The van der Waals surface area contributed by atoms with E-state index in [2.05, 4.69) is 61.0 Å². The van der Waals surface area contributed by atoms with E-state index in [9.17, 15) is 0 Å². The molecular weight excluding hydrogens is 304 g/mol. The van der Waals surface area contributed by atoms with Crippen molar-refractivity contribution in [3.63, 3.8) is 0 Å². The summed E-state index contributed by atoms with van der Waals surface area (Å²) < 4.78 is 0. The highest BCUT2D eigenvalue weighted by Gasteiger charge is 2.27. The molecular formula is C16H25BrS. The summed E-state index contributed by atoms with van der Waals surface area (Å²) in [4.78, 5) is 1.40. The predicted molar refractivity (Wildman–Crippen MR) is 87.9 cm³/mol. The van der Waals surface area contributed by atoms with Crippen LogP contribution in [0.2, 0.25) is 0 Å². The maximum atomic E-state index is 3.75. The van der Waals surface area contributed by atoms with E-state index in [0.717, 1.165) is 5.33 Å². The molecule has 102 valence electrons.